The second kappa shape index (κ2) is 10.1. The molecule has 4 nitrogen and oxygen atoms in total. The van der Waals surface area contributed by atoms with Gasteiger partial charge in [-0.2, -0.15) is 0 Å². The summed E-state index contributed by atoms with van der Waals surface area (Å²) in [4.78, 5) is 23.2. The summed E-state index contributed by atoms with van der Waals surface area (Å²) in [6, 6.07) is 0.252. The molecule has 2 heterocycles. The first-order valence-electron chi connectivity index (χ1n) is 9.09. The molecule has 1 aromatic heterocycles. The van der Waals surface area contributed by atoms with Crippen LogP contribution in [0.4, 0.5) is 0 Å². The van der Waals surface area contributed by atoms with E-state index in [9.17, 15) is 4.79 Å². The number of hydrogen-bond acceptors (Lipinski definition) is 4. The van der Waals surface area contributed by atoms with E-state index in [0.717, 1.165) is 50.0 Å². The van der Waals surface area contributed by atoms with Crippen LogP contribution in [0.1, 0.15) is 63.4 Å². The molecule has 1 aliphatic rings. The van der Waals surface area contributed by atoms with Gasteiger partial charge in [-0.25, -0.2) is 0 Å². The molecule has 0 spiro atoms. The van der Waals surface area contributed by atoms with Crippen LogP contribution in [-0.4, -0.2) is 33.7 Å². The summed E-state index contributed by atoms with van der Waals surface area (Å²) in [5, 5.41) is 0. The monoisotopic (exact) mass is 327 g/mol. The zero-order valence-corrected chi connectivity index (χ0v) is 14.9. The van der Waals surface area contributed by atoms with Crippen molar-refractivity contribution in [2.45, 2.75) is 58.4 Å². The van der Waals surface area contributed by atoms with Crippen molar-refractivity contribution < 1.29 is 4.79 Å². The third kappa shape index (κ3) is 5.68. The molecule has 0 radical (unpaired) electrons. The Bertz CT molecular complexity index is 580. The molecule has 24 heavy (non-hydrogen) atoms. The molecule has 0 saturated carbocycles. The maximum Gasteiger partial charge on any atom is 0.146 e. The maximum atomic E-state index is 11.8. The predicted octanol–water partition coefficient (Wildman–Crippen LogP) is 4.05. The molecule has 1 aliphatic heterocycles. The lowest BCUT2D eigenvalue weighted by Gasteiger charge is -2.23. The number of carbonyl (C=O) groups is 1. The van der Waals surface area contributed by atoms with E-state index in [1.807, 2.05) is 38.4 Å². The maximum absolute atomic E-state index is 11.8. The summed E-state index contributed by atoms with van der Waals surface area (Å²) in [7, 11) is 0. The van der Waals surface area contributed by atoms with Crippen molar-refractivity contribution in [3.05, 3.63) is 48.1 Å². The fourth-order valence-electron chi connectivity index (χ4n) is 3.08. The largest absolute Gasteiger partial charge is 0.298 e. The molecule has 4 heteroatoms. The molecule has 1 saturated heterocycles. The molecule has 0 bridgehead atoms. The third-order valence-electron chi connectivity index (χ3n) is 4.43. The second-order valence-electron chi connectivity index (χ2n) is 6.30. The lowest BCUT2D eigenvalue weighted by Crippen LogP contribution is -2.29. The van der Waals surface area contributed by atoms with Gasteiger partial charge in [0.2, 0.25) is 0 Å². The molecule has 1 unspecified atom stereocenters. The van der Waals surface area contributed by atoms with Gasteiger partial charge in [0, 0.05) is 18.8 Å². The van der Waals surface area contributed by atoms with E-state index >= 15 is 0 Å². The van der Waals surface area contributed by atoms with Gasteiger partial charge in [0.25, 0.3) is 0 Å². The summed E-state index contributed by atoms with van der Waals surface area (Å²) in [6.07, 6.45) is 18.0. The van der Waals surface area contributed by atoms with Crippen molar-refractivity contribution in [1.29, 1.82) is 0 Å². The van der Waals surface area contributed by atoms with Crippen LogP contribution in [-0.2, 0) is 11.2 Å². The number of hydrogen-bond donors (Lipinski definition) is 0. The van der Waals surface area contributed by atoms with Gasteiger partial charge in [0.15, 0.2) is 0 Å². The Morgan fingerprint density at radius 2 is 2.25 bits per heavy atom. The molecular weight excluding hydrogens is 298 g/mol. The van der Waals surface area contributed by atoms with Gasteiger partial charge in [-0.05, 0) is 45.6 Å². The Morgan fingerprint density at radius 1 is 1.38 bits per heavy atom. The van der Waals surface area contributed by atoms with Crippen molar-refractivity contribution in [1.82, 2.24) is 14.9 Å². The van der Waals surface area contributed by atoms with Crippen LogP contribution >= 0.6 is 0 Å². The SMILES string of the molecule is C/C=C\C=C/CCCc1cncc(C2CCCN2CC(=O)CC)n1. The minimum absolute atomic E-state index is 0.252. The molecule has 0 aliphatic carbocycles. The van der Waals surface area contributed by atoms with E-state index in [-0.39, 0.29) is 6.04 Å². The van der Waals surface area contributed by atoms with Crippen molar-refractivity contribution in [2.75, 3.05) is 13.1 Å². The number of carbonyl (C=O) groups excluding carboxylic acids is 1. The molecule has 0 N–H and O–H groups in total. The van der Waals surface area contributed by atoms with Gasteiger partial charge in [0.1, 0.15) is 5.78 Å². The molecule has 0 amide bonds. The van der Waals surface area contributed by atoms with Gasteiger partial charge in [-0.15, -0.1) is 0 Å². The van der Waals surface area contributed by atoms with E-state index in [2.05, 4.69) is 22.0 Å². The van der Waals surface area contributed by atoms with Crippen LogP contribution in [0.3, 0.4) is 0 Å². The molecule has 0 aromatic carbocycles. The zero-order chi connectivity index (χ0) is 17.2. The molecular formula is C20H29N3O. The highest BCUT2D eigenvalue weighted by Gasteiger charge is 2.28. The predicted molar refractivity (Wildman–Crippen MR) is 97.8 cm³/mol. The minimum atomic E-state index is 0.252. The first-order valence-corrected chi connectivity index (χ1v) is 9.09. The Kier molecular flexibility index (Phi) is 7.83. The van der Waals surface area contributed by atoms with E-state index in [4.69, 9.17) is 4.98 Å². The molecule has 1 atom stereocenters. The second-order valence-corrected chi connectivity index (χ2v) is 6.30. The minimum Gasteiger partial charge on any atom is -0.298 e. The van der Waals surface area contributed by atoms with Gasteiger partial charge in [0.05, 0.1) is 24.0 Å². The topological polar surface area (TPSA) is 46.1 Å². The van der Waals surface area contributed by atoms with Gasteiger partial charge < -0.3 is 0 Å². The fraction of sp³-hybridized carbons (Fsp3) is 0.550. The average Bonchev–Trinajstić information content (AvgIpc) is 3.06. The van der Waals surface area contributed by atoms with Gasteiger partial charge in [-0.1, -0.05) is 31.2 Å². The highest BCUT2D eigenvalue weighted by atomic mass is 16.1. The van der Waals surface area contributed by atoms with E-state index in [0.29, 0.717) is 18.7 Å². The quantitative estimate of drug-likeness (QED) is 0.507. The standard InChI is InChI=1S/C20H29N3O/c1-3-5-6-7-8-9-11-17-14-21-15-19(22-17)20-12-10-13-23(20)16-18(24)4-2/h3,5-7,14-15,20H,4,8-13,16H2,1-2H3/b5-3-,7-6-. The average molecular weight is 327 g/mol. The highest BCUT2D eigenvalue weighted by Crippen LogP contribution is 2.30. The number of ketones is 1. The number of unbranched alkanes of at least 4 members (excludes halogenated alkanes) is 1. The number of nitrogens with zero attached hydrogens (tertiary/aromatic N) is 3. The summed E-state index contributed by atoms with van der Waals surface area (Å²) in [6.45, 7) is 5.48. The van der Waals surface area contributed by atoms with Crippen LogP contribution in [0.2, 0.25) is 0 Å². The lowest BCUT2D eigenvalue weighted by atomic mass is 10.1. The third-order valence-corrected chi connectivity index (χ3v) is 4.43. The summed E-state index contributed by atoms with van der Waals surface area (Å²) < 4.78 is 0. The molecule has 1 aromatic rings. The van der Waals surface area contributed by atoms with E-state index in [1.165, 1.54) is 0 Å². The molecule has 1 fully saturated rings. The van der Waals surface area contributed by atoms with Crippen LogP contribution in [0, 0.1) is 0 Å². The molecule has 130 valence electrons. The van der Waals surface area contributed by atoms with Crippen LogP contribution in [0.15, 0.2) is 36.7 Å². The zero-order valence-electron chi connectivity index (χ0n) is 14.9. The van der Waals surface area contributed by atoms with Gasteiger partial charge in [-0.3, -0.25) is 19.7 Å². The summed E-state index contributed by atoms with van der Waals surface area (Å²) >= 11 is 0. The van der Waals surface area contributed by atoms with Gasteiger partial charge >= 0.3 is 0 Å². The van der Waals surface area contributed by atoms with Crippen LogP contribution < -0.4 is 0 Å². The van der Waals surface area contributed by atoms with Crippen molar-refractivity contribution in [3.8, 4) is 0 Å². The summed E-state index contributed by atoms with van der Waals surface area (Å²) in [5.74, 6) is 0.305. The van der Waals surface area contributed by atoms with Crippen molar-refractivity contribution in [3.63, 3.8) is 0 Å². The number of allylic oxidation sites excluding steroid dienone is 4. The Hall–Kier alpha value is -1.81. The number of rotatable bonds is 9. The first-order chi connectivity index (χ1) is 11.7. The Balaban J connectivity index is 1.92. The Labute approximate surface area is 145 Å². The Morgan fingerprint density at radius 3 is 3.04 bits per heavy atom. The van der Waals surface area contributed by atoms with Crippen LogP contribution in [0.25, 0.3) is 0 Å². The van der Waals surface area contributed by atoms with Crippen molar-refractivity contribution in [2.24, 2.45) is 0 Å². The number of aryl methyl sites for hydroxylation is 1. The normalized spacial score (nSPS) is 18.8. The van der Waals surface area contributed by atoms with Crippen molar-refractivity contribution >= 4 is 5.78 Å². The number of likely N-dealkylation sites (tertiary alicyclic amines) is 1. The highest BCUT2D eigenvalue weighted by molar-refractivity contribution is 5.80. The summed E-state index contributed by atoms with van der Waals surface area (Å²) in [5.41, 5.74) is 2.08. The van der Waals surface area contributed by atoms with E-state index in [1.54, 1.807) is 0 Å². The molecule has 2 rings (SSSR count). The fourth-order valence-corrected chi connectivity index (χ4v) is 3.08. The smallest absolute Gasteiger partial charge is 0.146 e. The number of aromatic nitrogens is 2. The first kappa shape index (κ1) is 18.5. The van der Waals surface area contributed by atoms with Crippen LogP contribution in [0.5, 0.6) is 0 Å². The lowest BCUT2D eigenvalue weighted by molar-refractivity contribution is -0.120. The number of Topliss-reactive ketones (excluding diaryl/α,β-unsaturated/α-hetero) is 1. The van der Waals surface area contributed by atoms with E-state index < -0.39 is 0 Å².